The van der Waals surface area contributed by atoms with Gasteiger partial charge >= 0.3 is 0 Å². The third-order valence-electron chi connectivity index (χ3n) is 3.99. The van der Waals surface area contributed by atoms with Crippen molar-refractivity contribution in [3.05, 3.63) is 65.7 Å². The van der Waals surface area contributed by atoms with Crippen LogP contribution in [0.1, 0.15) is 22.8 Å². The second kappa shape index (κ2) is 8.99. The Morgan fingerprint density at radius 3 is 2.40 bits per heavy atom. The lowest BCUT2D eigenvalue weighted by Crippen LogP contribution is -2.41. The van der Waals surface area contributed by atoms with Gasteiger partial charge < -0.3 is 15.5 Å². The Hall–Kier alpha value is -2.66. The van der Waals surface area contributed by atoms with Crippen LogP contribution in [0.2, 0.25) is 0 Å². The molecule has 5 nitrogen and oxygen atoms in total. The van der Waals surface area contributed by atoms with Crippen molar-refractivity contribution >= 4 is 17.5 Å². The number of amides is 2. The zero-order valence-electron chi connectivity index (χ0n) is 15.0. The van der Waals surface area contributed by atoms with Crippen molar-refractivity contribution in [2.45, 2.75) is 19.4 Å². The molecule has 0 saturated heterocycles. The van der Waals surface area contributed by atoms with Gasteiger partial charge in [-0.25, -0.2) is 0 Å². The third-order valence-corrected chi connectivity index (χ3v) is 3.99. The molecule has 2 aromatic rings. The monoisotopic (exact) mass is 339 g/mol. The van der Waals surface area contributed by atoms with Crippen LogP contribution in [0.3, 0.4) is 0 Å². The Bertz CT molecular complexity index is 714. The number of anilines is 1. The van der Waals surface area contributed by atoms with Gasteiger partial charge in [0.05, 0.1) is 0 Å². The molecule has 0 aromatic heterocycles. The number of carbonyl (C=O) groups excluding carboxylic acids is 2. The summed E-state index contributed by atoms with van der Waals surface area (Å²) in [5.74, 6) is -0.305. The summed E-state index contributed by atoms with van der Waals surface area (Å²) in [4.78, 5) is 25.7. The number of benzene rings is 2. The summed E-state index contributed by atoms with van der Waals surface area (Å²) in [6.07, 6.45) is 0.861. The van der Waals surface area contributed by atoms with E-state index in [1.165, 1.54) is 12.5 Å². The fourth-order valence-electron chi connectivity index (χ4n) is 2.58. The molecule has 0 heterocycles. The van der Waals surface area contributed by atoms with E-state index >= 15 is 0 Å². The minimum absolute atomic E-state index is 0.146. The van der Waals surface area contributed by atoms with Crippen molar-refractivity contribution in [3.8, 4) is 0 Å². The highest BCUT2D eigenvalue weighted by atomic mass is 16.2. The van der Waals surface area contributed by atoms with E-state index in [1.807, 2.05) is 32.3 Å². The topological polar surface area (TPSA) is 61.4 Å². The number of hydrogen-bond acceptors (Lipinski definition) is 3. The van der Waals surface area contributed by atoms with E-state index in [1.54, 1.807) is 24.3 Å². The first-order chi connectivity index (χ1) is 12.0. The first kappa shape index (κ1) is 18.7. The Balaban J connectivity index is 1.98. The van der Waals surface area contributed by atoms with Crippen molar-refractivity contribution in [2.24, 2.45) is 0 Å². The maximum atomic E-state index is 12.4. The van der Waals surface area contributed by atoms with Crippen LogP contribution in [-0.4, -0.2) is 43.4 Å². The molecule has 0 aliphatic carbocycles. The molecule has 2 aromatic carbocycles. The number of nitrogens with zero attached hydrogens (tertiary/aromatic N) is 1. The van der Waals surface area contributed by atoms with E-state index in [0.29, 0.717) is 17.8 Å². The summed E-state index contributed by atoms with van der Waals surface area (Å²) in [5.41, 5.74) is 2.39. The largest absolute Gasteiger partial charge is 0.350 e. The van der Waals surface area contributed by atoms with Crippen LogP contribution < -0.4 is 10.6 Å². The van der Waals surface area contributed by atoms with Crippen molar-refractivity contribution in [1.29, 1.82) is 0 Å². The van der Waals surface area contributed by atoms with Crippen LogP contribution in [0.25, 0.3) is 0 Å². The molecule has 0 aliphatic heterocycles. The second-order valence-corrected chi connectivity index (χ2v) is 6.28. The molecule has 0 aliphatic rings. The quantitative estimate of drug-likeness (QED) is 0.815. The maximum absolute atomic E-state index is 12.4. The molecular weight excluding hydrogens is 314 g/mol. The second-order valence-electron chi connectivity index (χ2n) is 6.28. The van der Waals surface area contributed by atoms with Crippen LogP contribution in [0.15, 0.2) is 54.6 Å². The van der Waals surface area contributed by atoms with Crippen LogP contribution in [0.5, 0.6) is 0 Å². The first-order valence-electron chi connectivity index (χ1n) is 8.32. The Kier molecular flexibility index (Phi) is 6.71. The summed E-state index contributed by atoms with van der Waals surface area (Å²) < 4.78 is 0. The van der Waals surface area contributed by atoms with Gasteiger partial charge in [-0.1, -0.05) is 36.4 Å². The van der Waals surface area contributed by atoms with Crippen LogP contribution in [0, 0.1) is 0 Å². The summed E-state index contributed by atoms with van der Waals surface area (Å²) in [5, 5.41) is 5.68. The van der Waals surface area contributed by atoms with Gasteiger partial charge in [-0.2, -0.15) is 0 Å². The van der Waals surface area contributed by atoms with E-state index in [9.17, 15) is 9.59 Å². The fourth-order valence-corrected chi connectivity index (χ4v) is 2.58. The van der Waals surface area contributed by atoms with Gasteiger partial charge in [0, 0.05) is 30.8 Å². The molecule has 5 heteroatoms. The van der Waals surface area contributed by atoms with Crippen LogP contribution >= 0.6 is 0 Å². The summed E-state index contributed by atoms with van der Waals surface area (Å²) in [7, 11) is 4.02. The average molecular weight is 339 g/mol. The van der Waals surface area contributed by atoms with Crippen molar-refractivity contribution in [1.82, 2.24) is 10.2 Å². The Morgan fingerprint density at radius 2 is 1.76 bits per heavy atom. The van der Waals surface area contributed by atoms with Gasteiger partial charge in [0.25, 0.3) is 5.91 Å². The molecule has 25 heavy (non-hydrogen) atoms. The number of nitrogens with one attached hydrogen (secondary N) is 2. The van der Waals surface area contributed by atoms with Gasteiger partial charge in [0.1, 0.15) is 0 Å². The van der Waals surface area contributed by atoms with E-state index < -0.39 is 0 Å². The Labute approximate surface area is 149 Å². The molecule has 2 N–H and O–H groups in total. The Morgan fingerprint density at radius 1 is 1.04 bits per heavy atom. The third kappa shape index (κ3) is 6.04. The highest BCUT2D eigenvalue weighted by molar-refractivity contribution is 5.96. The van der Waals surface area contributed by atoms with E-state index in [-0.39, 0.29) is 17.9 Å². The number of rotatable bonds is 7. The van der Waals surface area contributed by atoms with Crippen molar-refractivity contribution < 1.29 is 9.59 Å². The maximum Gasteiger partial charge on any atom is 0.251 e. The van der Waals surface area contributed by atoms with Gasteiger partial charge in [0.2, 0.25) is 5.91 Å². The minimum Gasteiger partial charge on any atom is -0.350 e. The molecule has 2 rings (SSSR count). The zero-order chi connectivity index (χ0) is 18.2. The lowest BCUT2D eigenvalue weighted by atomic mass is 10.0. The first-order valence-corrected chi connectivity index (χ1v) is 8.32. The van der Waals surface area contributed by atoms with E-state index in [0.717, 1.165) is 6.42 Å². The van der Waals surface area contributed by atoms with Crippen molar-refractivity contribution in [3.63, 3.8) is 0 Å². The molecule has 0 spiro atoms. The van der Waals surface area contributed by atoms with Crippen LogP contribution in [0.4, 0.5) is 5.69 Å². The lowest BCUT2D eigenvalue weighted by Gasteiger charge is -2.25. The molecular formula is C20H25N3O2. The molecule has 1 unspecified atom stereocenters. The van der Waals surface area contributed by atoms with E-state index in [4.69, 9.17) is 0 Å². The van der Waals surface area contributed by atoms with E-state index in [2.05, 4.69) is 27.7 Å². The van der Waals surface area contributed by atoms with Gasteiger partial charge in [0.15, 0.2) is 0 Å². The molecule has 0 saturated carbocycles. The molecule has 0 radical (unpaired) electrons. The highest BCUT2D eigenvalue weighted by Gasteiger charge is 2.14. The smallest absolute Gasteiger partial charge is 0.251 e. The van der Waals surface area contributed by atoms with Gasteiger partial charge in [-0.15, -0.1) is 0 Å². The summed E-state index contributed by atoms with van der Waals surface area (Å²) >= 11 is 0. The molecule has 132 valence electrons. The number of carbonyl (C=O) groups is 2. The standard InChI is InChI=1S/C20H25N3O2/c1-15(24)22-18-11-7-10-17(13-18)20(25)21-14-19(23(2)3)12-16-8-5-4-6-9-16/h4-11,13,19H,12,14H2,1-3H3,(H,21,25)(H,22,24). The average Bonchev–Trinajstić information content (AvgIpc) is 2.58. The molecule has 0 fully saturated rings. The summed E-state index contributed by atoms with van der Waals surface area (Å²) in [6, 6.07) is 17.4. The highest BCUT2D eigenvalue weighted by Crippen LogP contribution is 2.11. The summed E-state index contributed by atoms with van der Waals surface area (Å²) in [6.45, 7) is 1.99. The number of likely N-dealkylation sites (N-methyl/N-ethyl adjacent to an activating group) is 1. The SMILES string of the molecule is CC(=O)Nc1cccc(C(=O)NCC(Cc2ccccc2)N(C)C)c1. The van der Waals surface area contributed by atoms with Gasteiger partial charge in [-0.05, 0) is 44.3 Å². The van der Waals surface area contributed by atoms with Crippen LogP contribution in [-0.2, 0) is 11.2 Å². The molecule has 1 atom stereocenters. The molecule has 0 bridgehead atoms. The normalized spacial score (nSPS) is 11.8. The zero-order valence-corrected chi connectivity index (χ0v) is 15.0. The predicted molar refractivity (Wildman–Crippen MR) is 101 cm³/mol. The minimum atomic E-state index is -0.159. The number of hydrogen-bond donors (Lipinski definition) is 2. The lowest BCUT2D eigenvalue weighted by molar-refractivity contribution is -0.114. The molecule has 2 amide bonds. The fraction of sp³-hybridized carbons (Fsp3) is 0.300. The predicted octanol–water partition coefficient (Wildman–Crippen LogP) is 2.55. The van der Waals surface area contributed by atoms with Crippen molar-refractivity contribution in [2.75, 3.05) is 26.0 Å². The van der Waals surface area contributed by atoms with Gasteiger partial charge in [-0.3, -0.25) is 9.59 Å².